The van der Waals surface area contributed by atoms with E-state index in [1.165, 1.54) is 19.5 Å². The molecule has 0 spiro atoms. The fourth-order valence-corrected chi connectivity index (χ4v) is 4.96. The number of aromatic nitrogens is 4. The minimum absolute atomic E-state index is 0.0162. The Labute approximate surface area is 240 Å². The molecule has 5 rings (SSSR count). The molecule has 0 radical (unpaired) electrons. The summed E-state index contributed by atoms with van der Waals surface area (Å²) < 4.78 is 7.34. The van der Waals surface area contributed by atoms with Gasteiger partial charge in [0.05, 0.1) is 19.2 Å². The van der Waals surface area contributed by atoms with Crippen LogP contribution >= 0.6 is 0 Å². The van der Waals surface area contributed by atoms with Crippen molar-refractivity contribution in [3.8, 4) is 16.9 Å². The van der Waals surface area contributed by atoms with Gasteiger partial charge < -0.3 is 30.7 Å². The summed E-state index contributed by atoms with van der Waals surface area (Å²) in [5.41, 5.74) is 10.6. The summed E-state index contributed by atoms with van der Waals surface area (Å²) in [6, 6.07) is 15.7. The molecule has 3 aromatic carbocycles. The second kappa shape index (κ2) is 11.8. The van der Waals surface area contributed by atoms with E-state index < -0.39 is 5.97 Å². The average molecular weight is 568 g/mol. The zero-order chi connectivity index (χ0) is 29.8. The van der Waals surface area contributed by atoms with Crippen LogP contribution in [0.3, 0.4) is 0 Å². The normalized spacial score (nSPS) is 11.5. The van der Waals surface area contributed by atoms with Crippen molar-refractivity contribution in [1.29, 1.82) is 0 Å². The van der Waals surface area contributed by atoms with Crippen molar-refractivity contribution in [2.24, 2.45) is 10.9 Å². The Kier molecular flexibility index (Phi) is 7.87. The number of nitrogens with two attached hydrogens (primary N) is 1. The largest absolute Gasteiger partial charge is 0.497 e. The van der Waals surface area contributed by atoms with Gasteiger partial charge in [-0.1, -0.05) is 23.4 Å². The molecule has 0 aliphatic rings. The van der Waals surface area contributed by atoms with Crippen molar-refractivity contribution < 1.29 is 24.6 Å². The lowest BCUT2D eigenvalue weighted by molar-refractivity contribution is 0.0697. The Morgan fingerprint density at radius 1 is 1.07 bits per heavy atom. The molecule has 42 heavy (non-hydrogen) atoms. The number of carbonyl (C=O) groups excluding carboxylic acids is 1. The summed E-state index contributed by atoms with van der Waals surface area (Å²) in [5, 5.41) is 32.6. The van der Waals surface area contributed by atoms with Crippen molar-refractivity contribution in [1.82, 2.24) is 25.1 Å². The number of amides is 1. The lowest BCUT2D eigenvalue weighted by Gasteiger charge is -2.15. The number of oxime groups is 1. The zero-order valence-electron chi connectivity index (χ0n) is 23.0. The molecule has 0 saturated carbocycles. The maximum absolute atomic E-state index is 13.1. The second-order valence-corrected chi connectivity index (χ2v) is 9.54. The van der Waals surface area contributed by atoms with Crippen molar-refractivity contribution in [3.63, 3.8) is 0 Å². The monoisotopic (exact) mass is 567 g/mol. The van der Waals surface area contributed by atoms with Gasteiger partial charge in [-0.15, -0.1) is 0 Å². The molecule has 0 fully saturated rings. The standard InChI is InChI=1S/C30H29N7O5/c1-3-37-15-20(22-8-6-18(12-26(22)37)28(31)36-41)10-17-4-5-19(29(38)32-14-27-33-16-34-35-27)11-24(17)23-9-7-21(42-2)13-25(23)30(39)40/h4-9,11-13,15-16,41H,3,10,14H2,1-2H3,(H2,31,36)(H,32,38)(H,39,40)(H,33,34,35). The Morgan fingerprint density at radius 2 is 1.88 bits per heavy atom. The Bertz CT molecular complexity index is 1810. The zero-order valence-corrected chi connectivity index (χ0v) is 23.0. The average Bonchev–Trinajstić information content (AvgIpc) is 3.67. The van der Waals surface area contributed by atoms with Crippen LogP contribution in [0.25, 0.3) is 22.0 Å². The SMILES string of the molecule is CCn1cc(Cc2ccc(C(=O)NCc3ncn[nH]3)cc2-c2ccc(OC)cc2C(=O)O)c2ccc(/C(N)=N/O)cc21. The van der Waals surface area contributed by atoms with Crippen LogP contribution < -0.4 is 15.8 Å². The topological polar surface area (TPSA) is 181 Å². The minimum atomic E-state index is -1.12. The number of aromatic carboxylic acids is 1. The number of hydrogen-bond acceptors (Lipinski definition) is 7. The van der Waals surface area contributed by atoms with Gasteiger partial charge in [0.25, 0.3) is 5.91 Å². The van der Waals surface area contributed by atoms with E-state index in [-0.39, 0.29) is 23.9 Å². The van der Waals surface area contributed by atoms with Crippen molar-refractivity contribution >= 4 is 28.6 Å². The third-order valence-electron chi connectivity index (χ3n) is 7.09. The van der Waals surface area contributed by atoms with E-state index in [2.05, 4.69) is 30.2 Å². The van der Waals surface area contributed by atoms with Crippen LogP contribution in [0.1, 0.15) is 50.2 Å². The summed E-state index contributed by atoms with van der Waals surface area (Å²) in [4.78, 5) is 29.4. The highest BCUT2D eigenvalue weighted by Gasteiger charge is 2.20. The number of aryl methyl sites for hydroxylation is 1. The summed E-state index contributed by atoms with van der Waals surface area (Å²) >= 11 is 0. The fraction of sp³-hybridized carbons (Fsp3) is 0.167. The second-order valence-electron chi connectivity index (χ2n) is 9.54. The predicted molar refractivity (Wildman–Crippen MR) is 156 cm³/mol. The number of carbonyl (C=O) groups is 2. The van der Waals surface area contributed by atoms with Crippen LogP contribution in [0.15, 0.2) is 72.3 Å². The third kappa shape index (κ3) is 5.50. The number of nitrogens with one attached hydrogen (secondary N) is 2. The van der Waals surface area contributed by atoms with E-state index in [9.17, 15) is 14.7 Å². The number of aromatic amines is 1. The molecular weight excluding hydrogens is 538 g/mol. The van der Waals surface area contributed by atoms with E-state index >= 15 is 0 Å². The molecule has 214 valence electrons. The highest BCUT2D eigenvalue weighted by Crippen LogP contribution is 2.34. The molecule has 12 nitrogen and oxygen atoms in total. The number of rotatable bonds is 10. The van der Waals surface area contributed by atoms with Gasteiger partial charge in [-0.05, 0) is 65.6 Å². The first-order chi connectivity index (χ1) is 20.3. The summed E-state index contributed by atoms with van der Waals surface area (Å²) in [7, 11) is 1.47. The summed E-state index contributed by atoms with van der Waals surface area (Å²) in [5.74, 6) is -0.532. The highest BCUT2D eigenvalue weighted by atomic mass is 16.5. The maximum atomic E-state index is 13.1. The number of carboxylic acid groups (broad SMARTS) is 1. The third-order valence-corrected chi connectivity index (χ3v) is 7.09. The number of methoxy groups -OCH3 is 1. The highest BCUT2D eigenvalue weighted by molar-refractivity contribution is 6.01. The number of carboxylic acids is 1. The van der Waals surface area contributed by atoms with Crippen LogP contribution in [0, 0.1) is 0 Å². The van der Waals surface area contributed by atoms with Gasteiger partial charge >= 0.3 is 5.97 Å². The minimum Gasteiger partial charge on any atom is -0.497 e. The van der Waals surface area contributed by atoms with Crippen LogP contribution in [0.4, 0.5) is 0 Å². The van der Waals surface area contributed by atoms with Crippen LogP contribution in [0.5, 0.6) is 5.75 Å². The molecule has 0 unspecified atom stereocenters. The lowest BCUT2D eigenvalue weighted by atomic mass is 9.90. The molecule has 0 saturated heterocycles. The quantitative estimate of drug-likeness (QED) is 0.0732. The number of fused-ring (bicyclic) bond motifs is 1. The lowest BCUT2D eigenvalue weighted by Crippen LogP contribution is -2.23. The molecule has 0 atom stereocenters. The first-order valence-corrected chi connectivity index (χ1v) is 13.1. The predicted octanol–water partition coefficient (Wildman–Crippen LogP) is 3.77. The van der Waals surface area contributed by atoms with Crippen LogP contribution in [0.2, 0.25) is 0 Å². The Morgan fingerprint density at radius 3 is 2.57 bits per heavy atom. The van der Waals surface area contributed by atoms with Gasteiger partial charge in [0.15, 0.2) is 5.84 Å². The number of ether oxygens (including phenoxy) is 1. The summed E-state index contributed by atoms with van der Waals surface area (Å²) in [6.07, 6.45) is 3.85. The summed E-state index contributed by atoms with van der Waals surface area (Å²) in [6.45, 7) is 2.87. The van der Waals surface area contributed by atoms with Crippen molar-refractivity contribution in [2.75, 3.05) is 7.11 Å². The van der Waals surface area contributed by atoms with Gasteiger partial charge in [0.1, 0.15) is 17.9 Å². The molecule has 6 N–H and O–H groups in total. The number of amidine groups is 1. The number of nitrogens with zero attached hydrogens (tertiary/aromatic N) is 4. The maximum Gasteiger partial charge on any atom is 0.336 e. The fourth-order valence-electron chi connectivity index (χ4n) is 4.96. The van der Waals surface area contributed by atoms with Gasteiger partial charge in [0, 0.05) is 41.2 Å². The van der Waals surface area contributed by atoms with E-state index in [1.807, 2.05) is 31.3 Å². The molecule has 2 heterocycles. The molecule has 12 heteroatoms. The van der Waals surface area contributed by atoms with E-state index in [0.717, 1.165) is 22.0 Å². The molecule has 2 aromatic heterocycles. The number of hydrogen-bond donors (Lipinski definition) is 5. The molecule has 5 aromatic rings. The Hall–Kier alpha value is -5.65. The number of H-pyrrole nitrogens is 1. The van der Waals surface area contributed by atoms with Gasteiger partial charge in [-0.3, -0.25) is 9.89 Å². The molecule has 0 bridgehead atoms. The number of benzene rings is 3. The van der Waals surface area contributed by atoms with Crippen molar-refractivity contribution in [3.05, 3.63) is 101 Å². The first kappa shape index (κ1) is 27.9. The van der Waals surface area contributed by atoms with E-state index in [0.29, 0.717) is 46.8 Å². The van der Waals surface area contributed by atoms with Crippen molar-refractivity contribution in [2.45, 2.75) is 26.4 Å². The van der Waals surface area contributed by atoms with Gasteiger partial charge in [-0.25, -0.2) is 9.78 Å². The van der Waals surface area contributed by atoms with Gasteiger partial charge in [0.2, 0.25) is 0 Å². The molecule has 1 amide bonds. The van der Waals surface area contributed by atoms with E-state index in [1.54, 1.807) is 30.3 Å². The smallest absolute Gasteiger partial charge is 0.336 e. The molecule has 0 aliphatic carbocycles. The van der Waals surface area contributed by atoms with Crippen LogP contribution in [-0.4, -0.2) is 54.9 Å². The van der Waals surface area contributed by atoms with E-state index in [4.69, 9.17) is 15.7 Å². The Balaban J connectivity index is 1.61. The first-order valence-electron chi connectivity index (χ1n) is 13.1. The molecule has 0 aliphatic heterocycles. The van der Waals surface area contributed by atoms with Crippen LogP contribution in [-0.2, 0) is 19.5 Å². The molecular formula is C30H29N7O5. The van der Waals surface area contributed by atoms with Gasteiger partial charge in [-0.2, -0.15) is 5.10 Å².